The highest BCUT2D eigenvalue weighted by atomic mass is 16.7. The minimum Gasteiger partial charge on any atom is -0.454 e. The smallest absolute Gasteiger partial charge is 0.231 e. The summed E-state index contributed by atoms with van der Waals surface area (Å²) >= 11 is 0. The van der Waals surface area contributed by atoms with Gasteiger partial charge in [-0.25, -0.2) is 4.98 Å². The molecule has 3 N–H and O–H groups in total. The highest BCUT2D eigenvalue weighted by Crippen LogP contribution is 2.52. The number of nitrogens with two attached hydrogens (primary N) is 1. The van der Waals surface area contributed by atoms with E-state index >= 15 is 0 Å². The van der Waals surface area contributed by atoms with Gasteiger partial charge in [-0.1, -0.05) is 6.07 Å². The number of nitrogens with one attached hydrogen (secondary N) is 1. The molecule has 4 aliphatic rings. The third kappa shape index (κ3) is 2.74. The van der Waals surface area contributed by atoms with E-state index < -0.39 is 0 Å². The minimum absolute atomic E-state index is 0.0371. The largest absolute Gasteiger partial charge is 0.454 e. The molecule has 0 saturated heterocycles. The van der Waals surface area contributed by atoms with Crippen LogP contribution in [0.2, 0.25) is 0 Å². The van der Waals surface area contributed by atoms with Crippen molar-refractivity contribution in [3.63, 3.8) is 0 Å². The van der Waals surface area contributed by atoms with E-state index in [1.165, 1.54) is 0 Å². The zero-order chi connectivity index (χ0) is 20.3. The number of ether oxygens (including phenoxy) is 2. The molecular formula is C24H26N4O2. The summed E-state index contributed by atoms with van der Waals surface area (Å²) in [4.78, 5) is 13.7. The van der Waals surface area contributed by atoms with Crippen LogP contribution in [0.4, 0.5) is 0 Å². The van der Waals surface area contributed by atoms with Crippen LogP contribution in [0, 0.1) is 6.92 Å². The Labute approximate surface area is 175 Å². The predicted octanol–water partition coefficient (Wildman–Crippen LogP) is 4.48. The molecule has 30 heavy (non-hydrogen) atoms. The molecule has 0 spiro atoms. The van der Waals surface area contributed by atoms with Gasteiger partial charge in [0.15, 0.2) is 11.5 Å². The summed E-state index contributed by atoms with van der Waals surface area (Å²) in [5, 5.41) is 0. The standard InChI is InChI=1S/C24H26N4O2/c1-15-3-2-4-17(26-15)21-20(16-5-6-18-19(13-16)30-14-29-18)27-22(28-21)23-7-10-24(25,11-8-23)12-9-23/h2-6,13H,7-12,14,25H2,1H3,(H,27,28). The second-order valence-corrected chi connectivity index (χ2v) is 9.18. The van der Waals surface area contributed by atoms with Gasteiger partial charge >= 0.3 is 0 Å². The average molecular weight is 402 g/mol. The molecule has 0 amide bonds. The molecule has 0 atom stereocenters. The Bertz CT molecular complexity index is 1110. The zero-order valence-corrected chi connectivity index (χ0v) is 17.2. The molecule has 2 aromatic heterocycles. The second kappa shape index (κ2) is 6.32. The number of aromatic nitrogens is 3. The fourth-order valence-corrected chi connectivity index (χ4v) is 5.31. The maximum absolute atomic E-state index is 6.55. The van der Waals surface area contributed by atoms with E-state index in [1.54, 1.807) is 0 Å². The van der Waals surface area contributed by atoms with Crippen molar-refractivity contribution >= 4 is 0 Å². The number of aromatic amines is 1. The molecule has 3 aliphatic carbocycles. The third-order valence-electron chi connectivity index (χ3n) is 7.30. The first-order chi connectivity index (χ1) is 14.5. The lowest BCUT2D eigenvalue weighted by Gasteiger charge is -2.50. The van der Waals surface area contributed by atoms with Gasteiger partial charge in [-0.05, 0) is 75.8 Å². The highest BCUT2D eigenvalue weighted by molar-refractivity contribution is 5.78. The Morgan fingerprint density at radius 3 is 2.47 bits per heavy atom. The maximum Gasteiger partial charge on any atom is 0.231 e. The van der Waals surface area contributed by atoms with Crippen molar-refractivity contribution in [2.24, 2.45) is 5.73 Å². The van der Waals surface area contributed by atoms with Crippen LogP contribution in [0.15, 0.2) is 36.4 Å². The molecule has 3 heterocycles. The van der Waals surface area contributed by atoms with E-state index in [-0.39, 0.29) is 17.7 Å². The number of nitrogens with zero attached hydrogens (tertiary/aromatic N) is 2. The number of rotatable bonds is 3. The zero-order valence-electron chi connectivity index (χ0n) is 17.2. The van der Waals surface area contributed by atoms with Crippen LogP contribution in [-0.2, 0) is 5.41 Å². The van der Waals surface area contributed by atoms with E-state index in [1.807, 2.05) is 37.3 Å². The molecule has 3 saturated carbocycles. The Morgan fingerprint density at radius 1 is 0.933 bits per heavy atom. The quantitative estimate of drug-likeness (QED) is 0.675. The van der Waals surface area contributed by atoms with Gasteiger partial charge in [0.2, 0.25) is 6.79 Å². The van der Waals surface area contributed by atoms with E-state index in [9.17, 15) is 0 Å². The molecule has 2 bridgehead atoms. The summed E-state index contributed by atoms with van der Waals surface area (Å²) in [6.07, 6.45) is 6.51. The Morgan fingerprint density at radius 2 is 1.70 bits per heavy atom. The summed E-state index contributed by atoms with van der Waals surface area (Å²) in [6, 6.07) is 12.1. The van der Waals surface area contributed by atoms with E-state index in [2.05, 4.69) is 11.1 Å². The van der Waals surface area contributed by atoms with Crippen molar-refractivity contribution < 1.29 is 9.47 Å². The average Bonchev–Trinajstić information content (AvgIpc) is 3.42. The van der Waals surface area contributed by atoms with Gasteiger partial charge in [0, 0.05) is 22.2 Å². The number of pyridine rings is 1. The summed E-state index contributed by atoms with van der Waals surface area (Å²) in [7, 11) is 0. The first kappa shape index (κ1) is 18.0. The first-order valence-electron chi connectivity index (χ1n) is 10.8. The lowest BCUT2D eigenvalue weighted by molar-refractivity contribution is 0.101. The second-order valence-electron chi connectivity index (χ2n) is 9.18. The number of hydrogen-bond acceptors (Lipinski definition) is 5. The molecule has 1 aliphatic heterocycles. The Balaban J connectivity index is 1.49. The van der Waals surface area contributed by atoms with Crippen molar-refractivity contribution in [2.75, 3.05) is 6.79 Å². The number of hydrogen-bond donors (Lipinski definition) is 2. The monoisotopic (exact) mass is 402 g/mol. The van der Waals surface area contributed by atoms with Crippen LogP contribution >= 0.6 is 0 Å². The number of benzene rings is 1. The van der Waals surface area contributed by atoms with Crippen LogP contribution in [0.25, 0.3) is 22.6 Å². The SMILES string of the molecule is Cc1cccc(-c2[nH]c(C34CCC(N)(CC3)CC4)nc2-c2ccc3c(c2)OCO3)n1. The molecule has 7 rings (SSSR count). The van der Waals surface area contributed by atoms with Crippen molar-refractivity contribution in [3.8, 4) is 34.1 Å². The first-order valence-corrected chi connectivity index (χ1v) is 10.8. The molecule has 6 nitrogen and oxygen atoms in total. The van der Waals surface area contributed by atoms with Crippen LogP contribution < -0.4 is 15.2 Å². The van der Waals surface area contributed by atoms with E-state index in [0.717, 1.165) is 84.2 Å². The topological polar surface area (TPSA) is 86.1 Å². The summed E-state index contributed by atoms with van der Waals surface area (Å²) in [5.74, 6) is 2.62. The number of aryl methyl sites for hydroxylation is 1. The minimum atomic E-state index is 0.0371. The Hall–Kier alpha value is -2.86. The van der Waals surface area contributed by atoms with Crippen molar-refractivity contribution in [3.05, 3.63) is 47.9 Å². The van der Waals surface area contributed by atoms with Crippen LogP contribution in [0.5, 0.6) is 11.5 Å². The fourth-order valence-electron chi connectivity index (χ4n) is 5.31. The Kier molecular flexibility index (Phi) is 3.78. The van der Waals surface area contributed by atoms with Crippen LogP contribution in [0.1, 0.15) is 50.0 Å². The van der Waals surface area contributed by atoms with Crippen molar-refractivity contribution in [1.82, 2.24) is 15.0 Å². The van der Waals surface area contributed by atoms with Gasteiger partial charge in [-0.2, -0.15) is 0 Å². The van der Waals surface area contributed by atoms with Gasteiger partial charge in [0.25, 0.3) is 0 Å². The van der Waals surface area contributed by atoms with E-state index in [4.69, 9.17) is 25.2 Å². The summed E-state index contributed by atoms with van der Waals surface area (Å²) in [6.45, 7) is 2.28. The van der Waals surface area contributed by atoms with Crippen molar-refractivity contribution in [1.29, 1.82) is 0 Å². The summed E-state index contributed by atoms with van der Waals surface area (Å²) < 4.78 is 11.1. The third-order valence-corrected chi connectivity index (χ3v) is 7.30. The van der Waals surface area contributed by atoms with Gasteiger partial charge in [0.05, 0.1) is 17.1 Å². The number of imidazole rings is 1. The van der Waals surface area contributed by atoms with Crippen molar-refractivity contribution in [2.45, 2.75) is 56.4 Å². The van der Waals surface area contributed by atoms with Gasteiger partial charge < -0.3 is 20.2 Å². The molecule has 1 aromatic carbocycles. The van der Waals surface area contributed by atoms with Gasteiger partial charge in [0.1, 0.15) is 5.82 Å². The number of H-pyrrole nitrogens is 1. The highest BCUT2D eigenvalue weighted by Gasteiger charge is 2.49. The number of fused-ring (bicyclic) bond motifs is 4. The summed E-state index contributed by atoms with van der Waals surface area (Å²) in [5.41, 5.74) is 11.5. The van der Waals surface area contributed by atoms with Crippen LogP contribution in [0.3, 0.4) is 0 Å². The lowest BCUT2D eigenvalue weighted by atomic mass is 9.57. The molecule has 3 fully saturated rings. The molecule has 3 aromatic rings. The van der Waals surface area contributed by atoms with Crippen LogP contribution in [-0.4, -0.2) is 27.3 Å². The molecule has 6 heteroatoms. The molecule has 0 unspecified atom stereocenters. The molecule has 0 radical (unpaired) electrons. The molecule has 154 valence electrons. The van der Waals surface area contributed by atoms with Gasteiger partial charge in [-0.15, -0.1) is 0 Å². The lowest BCUT2D eigenvalue weighted by Crippen LogP contribution is -2.53. The predicted molar refractivity (Wildman–Crippen MR) is 114 cm³/mol. The van der Waals surface area contributed by atoms with Gasteiger partial charge in [-0.3, -0.25) is 4.98 Å². The fraction of sp³-hybridized carbons (Fsp3) is 0.417. The molecular weight excluding hydrogens is 376 g/mol. The van der Waals surface area contributed by atoms with E-state index in [0.29, 0.717) is 0 Å². The maximum atomic E-state index is 6.55. The normalized spacial score (nSPS) is 26.9.